The molecule has 1 aliphatic rings. The van der Waals surface area contributed by atoms with Gasteiger partial charge in [0.05, 0.1) is 11.7 Å². The largest absolute Gasteiger partial charge is 0.270 e. The van der Waals surface area contributed by atoms with E-state index < -0.39 is 6.17 Å². The van der Waals surface area contributed by atoms with E-state index in [4.69, 9.17) is 0 Å². The Kier molecular flexibility index (Phi) is 2.85. The highest BCUT2D eigenvalue weighted by Crippen LogP contribution is 2.39. The van der Waals surface area contributed by atoms with Crippen LogP contribution in [0.1, 0.15) is 41.4 Å². The molecule has 2 atom stereocenters. The van der Waals surface area contributed by atoms with Crippen molar-refractivity contribution in [1.82, 2.24) is 24.3 Å². The Hall–Kier alpha value is -2.50. The lowest BCUT2D eigenvalue weighted by Gasteiger charge is -2.11. The van der Waals surface area contributed by atoms with Gasteiger partial charge in [-0.25, -0.2) is 14.1 Å². The van der Waals surface area contributed by atoms with Gasteiger partial charge < -0.3 is 0 Å². The molecule has 3 aromatic rings. The lowest BCUT2D eigenvalue weighted by atomic mass is 10.0. The van der Waals surface area contributed by atoms with Crippen molar-refractivity contribution in [3.63, 3.8) is 0 Å². The number of aromatic nitrogens is 5. The minimum absolute atomic E-state index is 0.0997. The van der Waals surface area contributed by atoms with E-state index in [0.717, 1.165) is 17.0 Å². The molecule has 5 nitrogen and oxygen atoms in total. The predicted octanol–water partition coefficient (Wildman–Crippen LogP) is 3.08. The maximum atomic E-state index is 14.3. The van der Waals surface area contributed by atoms with Crippen molar-refractivity contribution in [3.8, 4) is 5.95 Å². The van der Waals surface area contributed by atoms with Crippen molar-refractivity contribution in [2.45, 2.75) is 32.5 Å². The molecule has 2 aromatic heterocycles. The molecular weight excluding hydrogens is 281 g/mol. The Labute approximate surface area is 127 Å². The maximum absolute atomic E-state index is 14.3. The average Bonchev–Trinajstić information content (AvgIpc) is 3.18. The topological polar surface area (TPSA) is 48.5 Å². The number of rotatable bonds is 2. The fourth-order valence-electron chi connectivity index (χ4n) is 2.92. The molecular formula is C16H16FN5. The van der Waals surface area contributed by atoms with Crippen molar-refractivity contribution in [3.05, 3.63) is 59.4 Å². The third kappa shape index (κ3) is 1.87. The maximum Gasteiger partial charge on any atom is 0.254 e. The molecule has 1 aromatic carbocycles. The number of aryl methyl sites for hydroxylation is 1. The number of imidazole rings is 1. The smallest absolute Gasteiger partial charge is 0.254 e. The number of hydrogen-bond acceptors (Lipinski definition) is 3. The van der Waals surface area contributed by atoms with Crippen LogP contribution in [0.25, 0.3) is 5.95 Å². The van der Waals surface area contributed by atoms with Crippen LogP contribution in [0.2, 0.25) is 0 Å². The van der Waals surface area contributed by atoms with Gasteiger partial charge in [0.1, 0.15) is 6.33 Å². The summed E-state index contributed by atoms with van der Waals surface area (Å²) >= 11 is 0. The molecule has 4 rings (SSSR count). The summed E-state index contributed by atoms with van der Waals surface area (Å²) in [5, 5.41) is 4.53. The highest BCUT2D eigenvalue weighted by Gasteiger charge is 2.35. The van der Waals surface area contributed by atoms with Gasteiger partial charge >= 0.3 is 0 Å². The van der Waals surface area contributed by atoms with Crippen LogP contribution in [0.15, 0.2) is 36.7 Å². The number of alkyl halides is 1. The van der Waals surface area contributed by atoms with Crippen molar-refractivity contribution in [2.24, 2.45) is 0 Å². The second-order valence-corrected chi connectivity index (χ2v) is 5.63. The summed E-state index contributed by atoms with van der Waals surface area (Å²) < 4.78 is 17.9. The SMILES string of the molecule is Cc1ncn(-c2nc3n(n2)C(c2ccccc2)CC3F)c1C. The highest BCUT2D eigenvalue weighted by atomic mass is 19.1. The van der Waals surface area contributed by atoms with E-state index in [1.165, 1.54) is 0 Å². The van der Waals surface area contributed by atoms with E-state index in [9.17, 15) is 4.39 Å². The van der Waals surface area contributed by atoms with Crippen molar-refractivity contribution in [2.75, 3.05) is 0 Å². The van der Waals surface area contributed by atoms with Crippen molar-refractivity contribution in [1.29, 1.82) is 0 Å². The first-order chi connectivity index (χ1) is 10.6. The van der Waals surface area contributed by atoms with Gasteiger partial charge in [-0.3, -0.25) is 4.57 Å². The van der Waals surface area contributed by atoms with Crippen LogP contribution in [-0.2, 0) is 0 Å². The van der Waals surface area contributed by atoms with Gasteiger partial charge in [-0.2, -0.15) is 4.98 Å². The zero-order chi connectivity index (χ0) is 15.3. The van der Waals surface area contributed by atoms with Gasteiger partial charge in [-0.05, 0) is 19.4 Å². The van der Waals surface area contributed by atoms with Crippen molar-refractivity contribution >= 4 is 0 Å². The van der Waals surface area contributed by atoms with E-state index >= 15 is 0 Å². The summed E-state index contributed by atoms with van der Waals surface area (Å²) in [5.74, 6) is 0.881. The number of nitrogens with zero attached hydrogens (tertiary/aromatic N) is 5. The molecule has 3 heterocycles. The lowest BCUT2D eigenvalue weighted by Crippen LogP contribution is -2.08. The Bertz CT molecular complexity index is 820. The Morgan fingerprint density at radius 3 is 2.64 bits per heavy atom. The van der Waals surface area contributed by atoms with E-state index in [2.05, 4.69) is 15.1 Å². The fourth-order valence-corrected chi connectivity index (χ4v) is 2.92. The second kappa shape index (κ2) is 4.76. The van der Waals surface area contributed by atoms with Crippen LogP contribution in [0.3, 0.4) is 0 Å². The van der Waals surface area contributed by atoms with Crippen LogP contribution in [0.4, 0.5) is 4.39 Å². The Morgan fingerprint density at radius 2 is 1.95 bits per heavy atom. The summed E-state index contributed by atoms with van der Waals surface area (Å²) in [6.07, 6.45) is 0.985. The van der Waals surface area contributed by atoms with E-state index in [1.807, 2.05) is 44.2 Å². The van der Waals surface area contributed by atoms with E-state index in [-0.39, 0.29) is 6.04 Å². The normalized spacial score (nSPS) is 20.3. The van der Waals surface area contributed by atoms with Gasteiger partial charge in [0.25, 0.3) is 5.95 Å². The van der Waals surface area contributed by atoms with E-state index in [0.29, 0.717) is 18.2 Å². The molecule has 0 saturated carbocycles. The van der Waals surface area contributed by atoms with Crippen LogP contribution >= 0.6 is 0 Å². The first kappa shape index (κ1) is 13.2. The van der Waals surface area contributed by atoms with Gasteiger partial charge in [0.2, 0.25) is 0 Å². The summed E-state index contributed by atoms with van der Waals surface area (Å²) in [5.41, 5.74) is 2.95. The molecule has 6 heteroatoms. The van der Waals surface area contributed by atoms with Gasteiger partial charge in [0, 0.05) is 12.1 Å². The van der Waals surface area contributed by atoms with Gasteiger partial charge in [-0.1, -0.05) is 30.3 Å². The van der Waals surface area contributed by atoms with E-state index in [1.54, 1.807) is 15.6 Å². The van der Waals surface area contributed by atoms with Crippen LogP contribution in [0.5, 0.6) is 0 Å². The molecule has 2 unspecified atom stereocenters. The standard InChI is InChI=1S/C16H16FN5/c1-10-11(2)21(9-18-10)16-19-15-13(17)8-14(22(15)20-16)12-6-4-3-5-7-12/h3-7,9,13-14H,8H2,1-2H3. The number of fused-ring (bicyclic) bond motifs is 1. The summed E-state index contributed by atoms with van der Waals surface area (Å²) in [6, 6.07) is 9.78. The highest BCUT2D eigenvalue weighted by molar-refractivity contribution is 5.27. The summed E-state index contributed by atoms with van der Waals surface area (Å²) in [6.45, 7) is 3.89. The molecule has 0 fully saturated rings. The van der Waals surface area contributed by atoms with Gasteiger partial charge in [-0.15, -0.1) is 5.10 Å². The van der Waals surface area contributed by atoms with Crippen LogP contribution in [0, 0.1) is 13.8 Å². The molecule has 22 heavy (non-hydrogen) atoms. The summed E-state index contributed by atoms with van der Waals surface area (Å²) in [7, 11) is 0. The average molecular weight is 297 g/mol. The quantitative estimate of drug-likeness (QED) is 0.730. The number of benzene rings is 1. The molecule has 112 valence electrons. The predicted molar refractivity (Wildman–Crippen MR) is 79.7 cm³/mol. The monoisotopic (exact) mass is 297 g/mol. The second-order valence-electron chi connectivity index (χ2n) is 5.63. The first-order valence-electron chi connectivity index (χ1n) is 7.31. The van der Waals surface area contributed by atoms with Crippen LogP contribution in [-0.4, -0.2) is 24.3 Å². The molecule has 0 bridgehead atoms. The Morgan fingerprint density at radius 1 is 1.18 bits per heavy atom. The van der Waals surface area contributed by atoms with Gasteiger partial charge in [0.15, 0.2) is 12.0 Å². The lowest BCUT2D eigenvalue weighted by molar-refractivity contribution is 0.328. The third-order valence-electron chi connectivity index (χ3n) is 4.30. The van der Waals surface area contributed by atoms with Crippen molar-refractivity contribution < 1.29 is 4.39 Å². The fraction of sp³-hybridized carbons (Fsp3) is 0.312. The molecule has 0 spiro atoms. The molecule has 0 saturated heterocycles. The molecule has 1 aliphatic heterocycles. The number of hydrogen-bond donors (Lipinski definition) is 0. The first-order valence-corrected chi connectivity index (χ1v) is 7.31. The Balaban J connectivity index is 1.79. The minimum Gasteiger partial charge on any atom is -0.270 e. The zero-order valence-corrected chi connectivity index (χ0v) is 12.4. The summed E-state index contributed by atoms with van der Waals surface area (Å²) in [4.78, 5) is 8.64. The minimum atomic E-state index is -1.09. The molecule has 0 aliphatic carbocycles. The van der Waals surface area contributed by atoms with Crippen LogP contribution < -0.4 is 0 Å². The third-order valence-corrected chi connectivity index (χ3v) is 4.30. The molecule has 0 radical (unpaired) electrons. The molecule has 0 amide bonds. The zero-order valence-electron chi connectivity index (χ0n) is 12.4. The molecule has 0 N–H and O–H groups in total. The number of halogens is 1.